The van der Waals surface area contributed by atoms with Crippen molar-refractivity contribution in [3.05, 3.63) is 50.6 Å². The number of hydrogen-bond donors (Lipinski definition) is 1. The van der Waals surface area contributed by atoms with E-state index in [1.165, 1.54) is 10.4 Å². The molecule has 2 aromatic rings. The van der Waals surface area contributed by atoms with Crippen LogP contribution in [0.15, 0.2) is 40.2 Å². The van der Waals surface area contributed by atoms with Gasteiger partial charge in [0.2, 0.25) is 0 Å². The molecule has 0 aliphatic carbocycles. The van der Waals surface area contributed by atoms with Crippen molar-refractivity contribution in [1.29, 1.82) is 0 Å². The molecule has 0 bridgehead atoms. The average Bonchev–Trinajstić information content (AvgIpc) is 2.84. The number of benzene rings is 1. The van der Waals surface area contributed by atoms with Gasteiger partial charge in [0.1, 0.15) is 12.4 Å². The number of thiophene rings is 1. The number of halogens is 1. The fourth-order valence-electron chi connectivity index (χ4n) is 1.95. The van der Waals surface area contributed by atoms with Crippen LogP contribution in [0.1, 0.15) is 31.2 Å². The highest BCUT2D eigenvalue weighted by molar-refractivity contribution is 9.10. The molecule has 0 spiro atoms. The maximum atomic E-state index is 5.75. The Morgan fingerprint density at radius 3 is 2.48 bits per heavy atom. The van der Waals surface area contributed by atoms with E-state index in [2.05, 4.69) is 77.7 Å². The van der Waals surface area contributed by atoms with Crippen LogP contribution in [0, 0.1) is 0 Å². The van der Waals surface area contributed by atoms with Gasteiger partial charge < -0.3 is 10.1 Å². The standard InChI is InChI=1S/C17H22BrNOS/c1-17(2,3)13-4-6-15(7-5-13)20-9-8-19-11-16-10-14(18)12-21-16/h4-7,10,12,19H,8-9,11H2,1-3H3. The summed E-state index contributed by atoms with van der Waals surface area (Å²) in [4.78, 5) is 1.33. The van der Waals surface area contributed by atoms with Crippen molar-refractivity contribution in [2.24, 2.45) is 0 Å². The lowest BCUT2D eigenvalue weighted by atomic mass is 9.87. The lowest BCUT2D eigenvalue weighted by molar-refractivity contribution is 0.313. The number of nitrogens with one attached hydrogen (secondary N) is 1. The third kappa shape index (κ3) is 5.46. The van der Waals surface area contributed by atoms with Crippen molar-refractivity contribution in [2.45, 2.75) is 32.7 Å². The molecule has 0 fully saturated rings. The fraction of sp³-hybridized carbons (Fsp3) is 0.412. The first kappa shape index (κ1) is 16.5. The molecule has 0 unspecified atom stereocenters. The Bertz CT molecular complexity index is 557. The van der Waals surface area contributed by atoms with Gasteiger partial charge in [0, 0.05) is 27.8 Å². The topological polar surface area (TPSA) is 21.3 Å². The second kappa shape index (κ2) is 7.43. The maximum absolute atomic E-state index is 5.75. The van der Waals surface area contributed by atoms with E-state index in [1.807, 2.05) is 0 Å². The minimum Gasteiger partial charge on any atom is -0.492 e. The zero-order valence-corrected chi connectivity index (χ0v) is 15.2. The molecule has 2 rings (SSSR count). The van der Waals surface area contributed by atoms with E-state index in [9.17, 15) is 0 Å². The molecular weight excluding hydrogens is 346 g/mol. The largest absolute Gasteiger partial charge is 0.492 e. The van der Waals surface area contributed by atoms with E-state index in [-0.39, 0.29) is 5.41 Å². The summed E-state index contributed by atoms with van der Waals surface area (Å²) in [6.45, 7) is 9.07. The molecule has 0 aliphatic rings. The number of ether oxygens (including phenoxy) is 1. The Hall–Kier alpha value is -0.840. The molecule has 1 aromatic carbocycles. The SMILES string of the molecule is CC(C)(C)c1ccc(OCCNCc2cc(Br)cs2)cc1. The molecule has 1 heterocycles. The van der Waals surface area contributed by atoms with Crippen LogP contribution in [0.2, 0.25) is 0 Å². The van der Waals surface area contributed by atoms with Crippen LogP contribution in [-0.2, 0) is 12.0 Å². The minimum atomic E-state index is 0.190. The Morgan fingerprint density at radius 1 is 1.19 bits per heavy atom. The van der Waals surface area contributed by atoms with Crippen molar-refractivity contribution in [3.8, 4) is 5.75 Å². The number of rotatable bonds is 6. The van der Waals surface area contributed by atoms with E-state index in [4.69, 9.17) is 4.74 Å². The van der Waals surface area contributed by atoms with E-state index < -0.39 is 0 Å². The number of hydrogen-bond acceptors (Lipinski definition) is 3. The normalized spacial score (nSPS) is 11.6. The first-order valence-corrected chi connectivity index (χ1v) is 8.79. The lowest BCUT2D eigenvalue weighted by Gasteiger charge is -2.19. The smallest absolute Gasteiger partial charge is 0.119 e. The van der Waals surface area contributed by atoms with Gasteiger partial charge in [0.05, 0.1) is 0 Å². The predicted molar refractivity (Wildman–Crippen MR) is 94.4 cm³/mol. The fourth-order valence-corrected chi connectivity index (χ4v) is 3.37. The molecular formula is C17H22BrNOS. The Labute approximate surface area is 139 Å². The molecule has 1 aromatic heterocycles. The second-order valence-electron chi connectivity index (χ2n) is 6.03. The summed E-state index contributed by atoms with van der Waals surface area (Å²) < 4.78 is 6.90. The van der Waals surface area contributed by atoms with Gasteiger partial charge in [0.25, 0.3) is 0 Å². The minimum absolute atomic E-state index is 0.190. The first-order chi connectivity index (χ1) is 9.95. The highest BCUT2D eigenvalue weighted by Gasteiger charge is 2.12. The van der Waals surface area contributed by atoms with Crippen molar-refractivity contribution >= 4 is 27.3 Å². The molecule has 4 heteroatoms. The van der Waals surface area contributed by atoms with Crippen LogP contribution in [0.25, 0.3) is 0 Å². The Kier molecular flexibility index (Phi) is 5.85. The quantitative estimate of drug-likeness (QED) is 0.727. The Balaban J connectivity index is 1.69. The zero-order valence-electron chi connectivity index (χ0n) is 12.8. The van der Waals surface area contributed by atoms with Gasteiger partial charge >= 0.3 is 0 Å². The van der Waals surface area contributed by atoms with Gasteiger partial charge in [-0.25, -0.2) is 0 Å². The van der Waals surface area contributed by atoms with Gasteiger partial charge in [-0.15, -0.1) is 11.3 Å². The molecule has 0 atom stereocenters. The second-order valence-corrected chi connectivity index (χ2v) is 7.94. The summed E-state index contributed by atoms with van der Waals surface area (Å²) in [7, 11) is 0. The van der Waals surface area contributed by atoms with Gasteiger partial charge in [-0.1, -0.05) is 32.9 Å². The van der Waals surface area contributed by atoms with Crippen LogP contribution in [0.3, 0.4) is 0 Å². The highest BCUT2D eigenvalue weighted by atomic mass is 79.9. The van der Waals surface area contributed by atoms with Gasteiger partial charge in [-0.3, -0.25) is 0 Å². The molecule has 21 heavy (non-hydrogen) atoms. The molecule has 2 nitrogen and oxygen atoms in total. The monoisotopic (exact) mass is 367 g/mol. The van der Waals surface area contributed by atoms with Gasteiger partial charge in [-0.05, 0) is 45.1 Å². The lowest BCUT2D eigenvalue weighted by Crippen LogP contribution is -2.20. The van der Waals surface area contributed by atoms with Crippen LogP contribution >= 0.6 is 27.3 Å². The summed E-state index contributed by atoms with van der Waals surface area (Å²) in [5.41, 5.74) is 1.52. The summed E-state index contributed by atoms with van der Waals surface area (Å²) in [6, 6.07) is 10.5. The zero-order chi connectivity index (χ0) is 15.3. The van der Waals surface area contributed by atoms with E-state index in [0.29, 0.717) is 6.61 Å². The van der Waals surface area contributed by atoms with Crippen molar-refractivity contribution in [3.63, 3.8) is 0 Å². The van der Waals surface area contributed by atoms with Crippen molar-refractivity contribution < 1.29 is 4.74 Å². The summed E-state index contributed by atoms with van der Waals surface area (Å²) >= 11 is 5.22. The van der Waals surface area contributed by atoms with Crippen LogP contribution in [0.5, 0.6) is 5.75 Å². The first-order valence-electron chi connectivity index (χ1n) is 7.12. The van der Waals surface area contributed by atoms with E-state index >= 15 is 0 Å². The van der Waals surface area contributed by atoms with Crippen LogP contribution in [0.4, 0.5) is 0 Å². The summed E-state index contributed by atoms with van der Waals surface area (Å²) in [5.74, 6) is 0.934. The maximum Gasteiger partial charge on any atom is 0.119 e. The molecule has 0 saturated heterocycles. The molecule has 0 saturated carbocycles. The molecule has 114 valence electrons. The van der Waals surface area contributed by atoms with Gasteiger partial charge in [-0.2, -0.15) is 0 Å². The van der Waals surface area contributed by atoms with Crippen molar-refractivity contribution in [1.82, 2.24) is 5.32 Å². The highest BCUT2D eigenvalue weighted by Crippen LogP contribution is 2.24. The summed E-state index contributed by atoms with van der Waals surface area (Å²) in [5, 5.41) is 5.49. The predicted octanol–water partition coefficient (Wildman–Crippen LogP) is 4.98. The molecule has 0 aliphatic heterocycles. The molecule has 1 N–H and O–H groups in total. The third-order valence-electron chi connectivity index (χ3n) is 3.19. The van der Waals surface area contributed by atoms with Crippen molar-refractivity contribution in [2.75, 3.05) is 13.2 Å². The molecule has 0 amide bonds. The Morgan fingerprint density at radius 2 is 1.90 bits per heavy atom. The third-order valence-corrected chi connectivity index (χ3v) is 4.89. The molecule has 0 radical (unpaired) electrons. The van der Waals surface area contributed by atoms with Crippen LogP contribution in [-0.4, -0.2) is 13.2 Å². The summed E-state index contributed by atoms with van der Waals surface area (Å²) in [6.07, 6.45) is 0. The van der Waals surface area contributed by atoms with E-state index in [1.54, 1.807) is 11.3 Å². The van der Waals surface area contributed by atoms with Gasteiger partial charge in [0.15, 0.2) is 0 Å². The average molecular weight is 368 g/mol. The van der Waals surface area contributed by atoms with Crippen LogP contribution < -0.4 is 10.1 Å². The van der Waals surface area contributed by atoms with E-state index in [0.717, 1.165) is 23.3 Å².